The summed E-state index contributed by atoms with van der Waals surface area (Å²) in [5, 5.41) is 0. The smallest absolute Gasteiger partial charge is 0.338 e. The zero-order valence-electron chi connectivity index (χ0n) is 17.3. The van der Waals surface area contributed by atoms with Crippen molar-refractivity contribution in [2.75, 3.05) is 6.61 Å². The number of benzene rings is 4. The standard InChI is InChI=1S/C29H22O2/c1-2-31-29(30)25-19-17-24(18-20-25)27-15-9-14-26(23-12-7-4-8-13-23)28(27)21-16-22-10-5-3-6-11-22/h3-15,17-20H,2H2,1H3. The molecule has 0 aliphatic rings. The average Bonchev–Trinajstić information content (AvgIpc) is 2.84. The summed E-state index contributed by atoms with van der Waals surface area (Å²) < 4.78 is 5.10. The maximum absolute atomic E-state index is 12.0. The van der Waals surface area contributed by atoms with Crippen LogP contribution in [0.1, 0.15) is 28.4 Å². The Morgan fingerprint density at radius 3 is 1.87 bits per heavy atom. The minimum atomic E-state index is -0.309. The second-order valence-corrected chi connectivity index (χ2v) is 7.01. The van der Waals surface area contributed by atoms with Gasteiger partial charge in [0.1, 0.15) is 0 Å². The molecule has 0 heterocycles. The Morgan fingerprint density at radius 2 is 1.26 bits per heavy atom. The SMILES string of the molecule is CCOC(=O)c1ccc(-c2cccc(-c3ccccc3)c2C#Cc2ccccc2)cc1. The average molecular weight is 402 g/mol. The van der Waals surface area contributed by atoms with Gasteiger partial charge in [-0.1, -0.05) is 90.7 Å². The number of hydrogen-bond donors (Lipinski definition) is 0. The van der Waals surface area contributed by atoms with E-state index in [0.717, 1.165) is 33.4 Å². The summed E-state index contributed by atoms with van der Waals surface area (Å²) in [6.07, 6.45) is 0. The maximum Gasteiger partial charge on any atom is 0.338 e. The Bertz CT molecular complexity index is 1230. The third-order valence-corrected chi connectivity index (χ3v) is 4.96. The van der Waals surface area contributed by atoms with Gasteiger partial charge in [0.25, 0.3) is 0 Å². The van der Waals surface area contributed by atoms with Gasteiger partial charge in [0.05, 0.1) is 12.2 Å². The number of hydrogen-bond acceptors (Lipinski definition) is 2. The molecule has 0 saturated carbocycles. The van der Waals surface area contributed by atoms with Crippen LogP contribution < -0.4 is 0 Å². The van der Waals surface area contributed by atoms with Crippen LogP contribution in [0.5, 0.6) is 0 Å². The van der Waals surface area contributed by atoms with Crippen molar-refractivity contribution in [2.24, 2.45) is 0 Å². The molecule has 0 aliphatic heterocycles. The van der Waals surface area contributed by atoms with Gasteiger partial charge in [-0.05, 0) is 53.4 Å². The van der Waals surface area contributed by atoms with Crippen molar-refractivity contribution >= 4 is 5.97 Å². The van der Waals surface area contributed by atoms with Crippen LogP contribution in [0.3, 0.4) is 0 Å². The van der Waals surface area contributed by atoms with Crippen LogP contribution in [-0.2, 0) is 4.74 Å². The van der Waals surface area contributed by atoms with Crippen LogP contribution in [0, 0.1) is 11.8 Å². The van der Waals surface area contributed by atoms with Gasteiger partial charge in [-0.15, -0.1) is 0 Å². The van der Waals surface area contributed by atoms with Crippen LogP contribution in [0.25, 0.3) is 22.3 Å². The summed E-state index contributed by atoms with van der Waals surface area (Å²) in [6.45, 7) is 2.16. The highest BCUT2D eigenvalue weighted by Gasteiger charge is 2.12. The summed E-state index contributed by atoms with van der Waals surface area (Å²) in [5.41, 5.74) is 6.70. The molecule has 4 aromatic rings. The largest absolute Gasteiger partial charge is 0.462 e. The van der Waals surface area contributed by atoms with Crippen LogP contribution in [-0.4, -0.2) is 12.6 Å². The lowest BCUT2D eigenvalue weighted by Gasteiger charge is -2.12. The number of rotatable bonds is 4. The first-order valence-corrected chi connectivity index (χ1v) is 10.3. The molecule has 0 amide bonds. The molecule has 0 bridgehead atoms. The van der Waals surface area contributed by atoms with Crippen LogP contribution in [0.2, 0.25) is 0 Å². The monoisotopic (exact) mass is 402 g/mol. The molecule has 0 spiro atoms. The Morgan fingerprint density at radius 1 is 0.677 bits per heavy atom. The molecule has 0 aliphatic carbocycles. The minimum absolute atomic E-state index is 0.309. The van der Waals surface area contributed by atoms with Gasteiger partial charge in [0.2, 0.25) is 0 Å². The quantitative estimate of drug-likeness (QED) is 0.284. The molecule has 4 rings (SSSR count). The molecule has 0 fully saturated rings. The van der Waals surface area contributed by atoms with E-state index in [0.29, 0.717) is 12.2 Å². The third kappa shape index (κ3) is 4.74. The lowest BCUT2D eigenvalue weighted by atomic mass is 9.91. The summed E-state index contributed by atoms with van der Waals surface area (Å²) in [6, 6.07) is 34.0. The van der Waals surface area contributed by atoms with Crippen molar-refractivity contribution in [3.05, 3.63) is 120 Å². The molecule has 0 N–H and O–H groups in total. The van der Waals surface area contributed by atoms with Crippen molar-refractivity contribution in [3.63, 3.8) is 0 Å². The molecule has 0 unspecified atom stereocenters. The lowest BCUT2D eigenvalue weighted by molar-refractivity contribution is 0.0526. The van der Waals surface area contributed by atoms with Gasteiger partial charge >= 0.3 is 5.97 Å². The van der Waals surface area contributed by atoms with Crippen molar-refractivity contribution in [3.8, 4) is 34.1 Å². The van der Waals surface area contributed by atoms with Crippen molar-refractivity contribution in [2.45, 2.75) is 6.92 Å². The second kappa shape index (κ2) is 9.61. The molecule has 150 valence electrons. The molecular formula is C29H22O2. The summed E-state index contributed by atoms with van der Waals surface area (Å²) >= 11 is 0. The zero-order chi connectivity index (χ0) is 21.5. The number of carbonyl (C=O) groups excluding carboxylic acids is 1. The molecular weight excluding hydrogens is 380 g/mol. The van der Waals surface area contributed by atoms with Gasteiger partial charge in [-0.2, -0.15) is 0 Å². The first kappa shape index (κ1) is 20.2. The van der Waals surface area contributed by atoms with E-state index in [-0.39, 0.29) is 5.97 Å². The molecule has 0 saturated heterocycles. The Hall–Kier alpha value is -4.09. The van der Waals surface area contributed by atoms with E-state index >= 15 is 0 Å². The van der Waals surface area contributed by atoms with Gasteiger partial charge in [-0.25, -0.2) is 4.79 Å². The topological polar surface area (TPSA) is 26.3 Å². The van der Waals surface area contributed by atoms with Crippen molar-refractivity contribution < 1.29 is 9.53 Å². The van der Waals surface area contributed by atoms with Gasteiger partial charge in [0, 0.05) is 11.1 Å². The zero-order valence-corrected chi connectivity index (χ0v) is 17.3. The molecule has 2 heteroatoms. The summed E-state index contributed by atoms with van der Waals surface area (Å²) in [5.74, 6) is 6.41. The molecule has 4 aromatic carbocycles. The van der Waals surface area contributed by atoms with Crippen LogP contribution >= 0.6 is 0 Å². The predicted molar refractivity (Wildman–Crippen MR) is 126 cm³/mol. The molecule has 2 nitrogen and oxygen atoms in total. The normalized spacial score (nSPS) is 10.1. The maximum atomic E-state index is 12.0. The van der Waals surface area contributed by atoms with E-state index in [9.17, 15) is 4.79 Å². The summed E-state index contributed by atoms with van der Waals surface area (Å²) in [4.78, 5) is 12.0. The number of ether oxygens (including phenoxy) is 1. The number of esters is 1. The highest BCUT2D eigenvalue weighted by molar-refractivity contribution is 5.90. The van der Waals surface area contributed by atoms with Crippen LogP contribution in [0.4, 0.5) is 0 Å². The fourth-order valence-electron chi connectivity index (χ4n) is 3.44. The molecule has 0 radical (unpaired) electrons. The minimum Gasteiger partial charge on any atom is -0.462 e. The lowest BCUT2D eigenvalue weighted by Crippen LogP contribution is -2.04. The third-order valence-electron chi connectivity index (χ3n) is 4.96. The van der Waals surface area contributed by atoms with Gasteiger partial charge in [0.15, 0.2) is 0 Å². The highest BCUT2D eigenvalue weighted by Crippen LogP contribution is 2.32. The Balaban J connectivity index is 1.83. The first-order valence-electron chi connectivity index (χ1n) is 10.3. The summed E-state index contributed by atoms with van der Waals surface area (Å²) in [7, 11) is 0. The van der Waals surface area contributed by atoms with E-state index < -0.39 is 0 Å². The first-order chi connectivity index (χ1) is 15.3. The predicted octanol–water partition coefficient (Wildman–Crippen LogP) is 6.60. The van der Waals surface area contributed by atoms with E-state index in [4.69, 9.17) is 4.74 Å². The highest BCUT2D eigenvalue weighted by atomic mass is 16.5. The second-order valence-electron chi connectivity index (χ2n) is 7.01. The fourth-order valence-corrected chi connectivity index (χ4v) is 3.44. The van der Waals surface area contributed by atoms with Crippen molar-refractivity contribution in [1.29, 1.82) is 0 Å². The van der Waals surface area contributed by atoms with E-state index in [1.165, 1.54) is 0 Å². The van der Waals surface area contributed by atoms with Gasteiger partial charge < -0.3 is 4.74 Å². The van der Waals surface area contributed by atoms with Gasteiger partial charge in [-0.3, -0.25) is 0 Å². The Kier molecular flexibility index (Phi) is 6.26. The van der Waals surface area contributed by atoms with E-state index in [1.807, 2.05) is 66.7 Å². The van der Waals surface area contributed by atoms with Crippen molar-refractivity contribution in [1.82, 2.24) is 0 Å². The van der Waals surface area contributed by atoms with E-state index in [2.05, 4.69) is 36.1 Å². The molecule has 0 aromatic heterocycles. The fraction of sp³-hybridized carbons (Fsp3) is 0.0690. The van der Waals surface area contributed by atoms with E-state index in [1.54, 1.807) is 19.1 Å². The Labute approximate surface area is 183 Å². The molecule has 0 atom stereocenters. The van der Waals surface area contributed by atoms with Crippen LogP contribution in [0.15, 0.2) is 103 Å². The number of carbonyl (C=O) groups is 1. The molecule has 31 heavy (non-hydrogen) atoms.